The van der Waals surface area contributed by atoms with Gasteiger partial charge in [0, 0.05) is 29.7 Å². The van der Waals surface area contributed by atoms with E-state index >= 15 is 0 Å². The molecule has 15 heteroatoms. The zero-order chi connectivity index (χ0) is 28.9. The number of ether oxygens (including phenoxy) is 3. The molecule has 0 atom stereocenters. The molecule has 1 aliphatic heterocycles. The van der Waals surface area contributed by atoms with Gasteiger partial charge in [0.1, 0.15) is 36.7 Å². The summed E-state index contributed by atoms with van der Waals surface area (Å²) in [4.78, 5) is 21.5. The normalized spacial score (nSPS) is 15.5. The average Bonchev–Trinajstić information content (AvgIpc) is 3.66. The Labute approximate surface area is 230 Å². The highest BCUT2D eigenvalue weighted by Crippen LogP contribution is 2.45. The second-order valence-corrected chi connectivity index (χ2v) is 9.54. The van der Waals surface area contributed by atoms with E-state index in [1.54, 1.807) is 6.07 Å². The number of aromatic nitrogens is 6. The molecule has 6 rings (SSSR count). The van der Waals surface area contributed by atoms with Crippen LogP contribution >= 0.6 is 0 Å². The van der Waals surface area contributed by atoms with Gasteiger partial charge in [-0.2, -0.15) is 13.2 Å². The van der Waals surface area contributed by atoms with E-state index in [2.05, 4.69) is 19.9 Å². The summed E-state index contributed by atoms with van der Waals surface area (Å²) >= 11 is 0. The molecule has 214 valence electrons. The number of fused-ring (bicyclic) bond motifs is 5. The average molecular weight is 573 g/mol. The van der Waals surface area contributed by atoms with Crippen molar-refractivity contribution in [2.24, 2.45) is 0 Å². The third-order valence-corrected chi connectivity index (χ3v) is 6.66. The van der Waals surface area contributed by atoms with Crippen LogP contribution in [0.25, 0.3) is 22.8 Å². The number of benzene rings is 1. The van der Waals surface area contributed by atoms with Gasteiger partial charge in [-0.3, -0.25) is 4.57 Å². The molecule has 0 unspecified atom stereocenters. The molecule has 1 aliphatic carbocycles. The molecule has 0 spiro atoms. The number of alkyl halides is 3. The predicted octanol–water partition coefficient (Wildman–Crippen LogP) is 2.61. The summed E-state index contributed by atoms with van der Waals surface area (Å²) in [6.07, 6.45) is -3.15. The van der Waals surface area contributed by atoms with Crippen LogP contribution < -0.4 is 14.2 Å². The van der Waals surface area contributed by atoms with E-state index in [4.69, 9.17) is 19.2 Å². The zero-order valence-electron chi connectivity index (χ0n) is 21.5. The van der Waals surface area contributed by atoms with Crippen molar-refractivity contribution in [1.82, 2.24) is 29.5 Å². The summed E-state index contributed by atoms with van der Waals surface area (Å²) in [6, 6.07) is 4.37. The summed E-state index contributed by atoms with van der Waals surface area (Å²) in [5.41, 5.74) is 1.06. The van der Waals surface area contributed by atoms with Crippen molar-refractivity contribution in [3.63, 3.8) is 0 Å². The van der Waals surface area contributed by atoms with E-state index in [9.17, 15) is 28.5 Å². The van der Waals surface area contributed by atoms with Gasteiger partial charge in [0.05, 0.1) is 24.7 Å². The Bertz CT molecular complexity index is 1620. The molecule has 3 aromatic heterocycles. The number of aliphatic hydroxyl groups is 3. The molecule has 3 N–H and O–H groups in total. The van der Waals surface area contributed by atoms with Crippen LogP contribution in [0.3, 0.4) is 0 Å². The van der Waals surface area contributed by atoms with Crippen molar-refractivity contribution >= 4 is 0 Å². The van der Waals surface area contributed by atoms with Gasteiger partial charge in [-0.15, -0.1) is 0 Å². The van der Waals surface area contributed by atoms with Crippen molar-refractivity contribution in [1.29, 1.82) is 0 Å². The van der Waals surface area contributed by atoms with Crippen LogP contribution in [0.1, 0.15) is 41.4 Å². The lowest BCUT2D eigenvalue weighted by atomic mass is 10.0. The van der Waals surface area contributed by atoms with Gasteiger partial charge < -0.3 is 29.5 Å². The quantitative estimate of drug-likeness (QED) is 0.309. The molecule has 12 nitrogen and oxygen atoms in total. The first-order valence-electron chi connectivity index (χ1n) is 12.5. The van der Waals surface area contributed by atoms with Crippen LogP contribution in [0.15, 0.2) is 36.9 Å². The van der Waals surface area contributed by atoms with Crippen molar-refractivity contribution in [2.75, 3.05) is 20.3 Å². The maximum atomic E-state index is 13.4. The summed E-state index contributed by atoms with van der Waals surface area (Å²) in [6.45, 7) is 0.0808. The van der Waals surface area contributed by atoms with Crippen LogP contribution in [-0.4, -0.2) is 65.1 Å². The van der Waals surface area contributed by atoms with Gasteiger partial charge >= 0.3 is 12.3 Å². The van der Waals surface area contributed by atoms with Crippen LogP contribution in [0.2, 0.25) is 0 Å². The molecule has 0 saturated heterocycles. The summed E-state index contributed by atoms with van der Waals surface area (Å²) in [5.74, 6) is 0.988. The first kappa shape index (κ1) is 26.9. The number of hydrogen-bond acceptors (Lipinski definition) is 11. The molecular formula is C26H23F3N6O6. The SMILES string of the molecule is COc1cnc2nc1Cc1ccc(-c3nc(C(F)(F)F)cn3C(O)(O)O)cc1OCCOc1ncnc(C3CC3)c1-2. The maximum Gasteiger partial charge on any atom is 0.434 e. The molecule has 1 saturated carbocycles. The second kappa shape index (κ2) is 9.94. The number of halogens is 3. The molecule has 1 fully saturated rings. The number of hydrogen-bond donors (Lipinski definition) is 3. The smallest absolute Gasteiger partial charge is 0.434 e. The first-order chi connectivity index (χ1) is 19.5. The summed E-state index contributed by atoms with van der Waals surface area (Å²) < 4.78 is 57.7. The zero-order valence-corrected chi connectivity index (χ0v) is 21.5. The van der Waals surface area contributed by atoms with E-state index in [1.807, 2.05) is 0 Å². The summed E-state index contributed by atoms with van der Waals surface area (Å²) in [5, 5.41) is 29.1. The van der Waals surface area contributed by atoms with E-state index in [0.717, 1.165) is 18.5 Å². The standard InChI is InChI=1S/C26H23F3N6O6/c1-39-18-10-30-22-20-21(13-2-3-13)31-12-32-24(20)41-7-6-40-17-9-15(5-4-14(17)8-16(18)33-22)23-34-19(25(27,28)29)11-35(23)26(36,37)38/h4-5,9-13,36-38H,2-3,6-8H2,1H3. The summed E-state index contributed by atoms with van der Waals surface area (Å²) in [7, 11) is 1.48. The molecule has 41 heavy (non-hydrogen) atoms. The molecular weight excluding hydrogens is 549 g/mol. The van der Waals surface area contributed by atoms with Gasteiger partial charge in [-0.05, 0) is 18.9 Å². The Hall–Kier alpha value is -4.34. The lowest BCUT2D eigenvalue weighted by Gasteiger charge is -2.20. The minimum Gasteiger partial charge on any atom is -0.493 e. The van der Waals surface area contributed by atoms with Crippen LogP contribution in [0, 0.1) is 0 Å². The third kappa shape index (κ3) is 5.26. The number of nitrogens with zero attached hydrogens (tertiary/aromatic N) is 6. The van der Waals surface area contributed by atoms with Gasteiger partial charge in [0.15, 0.2) is 17.3 Å². The van der Waals surface area contributed by atoms with Crippen molar-refractivity contribution in [3.8, 4) is 40.2 Å². The minimum absolute atomic E-state index is 0.0105. The first-order valence-corrected chi connectivity index (χ1v) is 12.5. The molecule has 2 bridgehead atoms. The topological polar surface area (TPSA) is 158 Å². The van der Waals surface area contributed by atoms with E-state index < -0.39 is 23.8 Å². The maximum absolute atomic E-state index is 13.4. The fourth-order valence-corrected chi connectivity index (χ4v) is 4.59. The molecule has 4 aromatic rings. The molecule has 1 aromatic carbocycles. The molecule has 0 amide bonds. The number of imidazole rings is 1. The fraction of sp³-hybridized carbons (Fsp3) is 0.346. The Morgan fingerprint density at radius 2 is 1.80 bits per heavy atom. The minimum atomic E-state index is -4.91. The van der Waals surface area contributed by atoms with Crippen molar-refractivity contribution in [3.05, 3.63) is 59.6 Å². The van der Waals surface area contributed by atoms with Crippen LogP contribution in [-0.2, 0) is 18.7 Å². The number of methoxy groups -OCH3 is 1. The van der Waals surface area contributed by atoms with E-state index in [0.29, 0.717) is 40.5 Å². The molecule has 4 heterocycles. The van der Waals surface area contributed by atoms with Crippen LogP contribution in [0.4, 0.5) is 13.2 Å². The Kier molecular flexibility index (Phi) is 6.51. The lowest BCUT2D eigenvalue weighted by molar-refractivity contribution is -0.374. The Morgan fingerprint density at radius 1 is 1.02 bits per heavy atom. The predicted molar refractivity (Wildman–Crippen MR) is 133 cm³/mol. The van der Waals surface area contributed by atoms with Gasteiger partial charge in [0.25, 0.3) is 0 Å². The molecule has 2 aliphatic rings. The largest absolute Gasteiger partial charge is 0.493 e. The van der Waals surface area contributed by atoms with Gasteiger partial charge in [0.2, 0.25) is 5.88 Å². The van der Waals surface area contributed by atoms with E-state index in [-0.39, 0.29) is 41.4 Å². The Morgan fingerprint density at radius 3 is 2.51 bits per heavy atom. The highest BCUT2D eigenvalue weighted by Gasteiger charge is 2.38. The highest BCUT2D eigenvalue weighted by molar-refractivity contribution is 5.67. The van der Waals surface area contributed by atoms with Crippen molar-refractivity contribution < 1.29 is 42.7 Å². The van der Waals surface area contributed by atoms with Crippen molar-refractivity contribution in [2.45, 2.75) is 37.5 Å². The van der Waals surface area contributed by atoms with Crippen LogP contribution in [0.5, 0.6) is 17.4 Å². The monoisotopic (exact) mass is 572 g/mol. The van der Waals surface area contributed by atoms with Gasteiger partial charge in [-0.25, -0.2) is 24.9 Å². The van der Waals surface area contributed by atoms with E-state index in [1.165, 1.54) is 31.8 Å². The highest BCUT2D eigenvalue weighted by atomic mass is 19.4. The molecule has 0 radical (unpaired) electrons. The lowest BCUT2D eigenvalue weighted by Crippen LogP contribution is -2.32. The third-order valence-electron chi connectivity index (χ3n) is 6.66. The number of rotatable bonds is 4. The van der Waals surface area contributed by atoms with Gasteiger partial charge in [-0.1, -0.05) is 12.1 Å². The second-order valence-electron chi connectivity index (χ2n) is 9.54. The Balaban J connectivity index is 1.45. The fourth-order valence-electron chi connectivity index (χ4n) is 4.59.